The van der Waals surface area contributed by atoms with Crippen LogP contribution in [0.4, 0.5) is 11.5 Å². The van der Waals surface area contributed by atoms with E-state index >= 15 is 0 Å². The number of hydrogen-bond acceptors (Lipinski definition) is 6. The second-order valence-corrected chi connectivity index (χ2v) is 6.05. The van der Waals surface area contributed by atoms with Gasteiger partial charge in [-0.05, 0) is 29.7 Å². The van der Waals surface area contributed by atoms with Gasteiger partial charge in [0.2, 0.25) is 5.88 Å². The van der Waals surface area contributed by atoms with E-state index in [1.807, 2.05) is 42.6 Å². The topological polar surface area (TPSA) is 95.9 Å². The van der Waals surface area contributed by atoms with Gasteiger partial charge >= 0.3 is 0 Å². The van der Waals surface area contributed by atoms with Crippen LogP contribution in [-0.2, 0) is 6.61 Å². The fourth-order valence-electron chi connectivity index (χ4n) is 2.79. The first kappa shape index (κ1) is 17.4. The van der Waals surface area contributed by atoms with Crippen LogP contribution in [0.5, 0.6) is 11.6 Å². The van der Waals surface area contributed by atoms with Crippen molar-refractivity contribution in [2.75, 3.05) is 12.4 Å². The highest BCUT2D eigenvalue weighted by Gasteiger charge is 2.07. The van der Waals surface area contributed by atoms with Gasteiger partial charge in [-0.3, -0.25) is 0 Å². The smallest absolute Gasteiger partial charge is 0.213 e. The largest absolute Gasteiger partial charge is 0.487 e. The fourth-order valence-corrected chi connectivity index (χ4v) is 2.79. The van der Waals surface area contributed by atoms with Crippen molar-refractivity contribution < 1.29 is 9.47 Å². The third kappa shape index (κ3) is 3.86. The number of hydrogen-bond donors (Lipinski definition) is 2. The van der Waals surface area contributed by atoms with Crippen molar-refractivity contribution in [1.29, 1.82) is 5.26 Å². The summed E-state index contributed by atoms with van der Waals surface area (Å²) in [7, 11) is 1.57. The monoisotopic (exact) mass is 371 g/mol. The van der Waals surface area contributed by atoms with E-state index < -0.39 is 0 Å². The van der Waals surface area contributed by atoms with E-state index in [9.17, 15) is 5.26 Å². The Hall–Kier alpha value is -4.05. The molecule has 138 valence electrons. The van der Waals surface area contributed by atoms with Crippen LogP contribution in [-0.4, -0.2) is 22.1 Å². The lowest BCUT2D eigenvalue weighted by Crippen LogP contribution is -2.02. The SMILES string of the molecule is COc1cccc(COc2cc(C#N)nc(Nc3ccc4cc[nH]c4c3)c2)n1. The molecule has 0 spiro atoms. The van der Waals surface area contributed by atoms with Crippen molar-refractivity contribution in [1.82, 2.24) is 15.0 Å². The zero-order valence-electron chi connectivity index (χ0n) is 15.1. The highest BCUT2D eigenvalue weighted by molar-refractivity contribution is 5.83. The van der Waals surface area contributed by atoms with Crippen molar-refractivity contribution in [3.05, 3.63) is 72.2 Å². The summed E-state index contributed by atoms with van der Waals surface area (Å²) in [6, 6.07) is 18.8. The summed E-state index contributed by atoms with van der Waals surface area (Å²) in [5, 5.41) is 13.6. The number of nitriles is 1. The number of aromatic amines is 1. The molecule has 7 heteroatoms. The number of aromatic nitrogens is 3. The second-order valence-electron chi connectivity index (χ2n) is 6.05. The Kier molecular flexibility index (Phi) is 4.76. The zero-order chi connectivity index (χ0) is 19.3. The molecule has 4 aromatic rings. The third-order valence-electron chi connectivity index (χ3n) is 4.12. The Morgan fingerprint density at radius 2 is 2.04 bits per heavy atom. The van der Waals surface area contributed by atoms with Crippen LogP contribution in [0.15, 0.2) is 60.8 Å². The summed E-state index contributed by atoms with van der Waals surface area (Å²) in [5.41, 5.74) is 2.86. The van der Waals surface area contributed by atoms with Crippen molar-refractivity contribution >= 4 is 22.4 Å². The molecule has 0 amide bonds. The molecule has 0 aliphatic rings. The lowest BCUT2D eigenvalue weighted by atomic mass is 10.2. The molecule has 0 aliphatic carbocycles. The quantitative estimate of drug-likeness (QED) is 0.528. The molecule has 0 fully saturated rings. The number of nitrogens with zero attached hydrogens (tertiary/aromatic N) is 3. The van der Waals surface area contributed by atoms with Crippen molar-refractivity contribution in [3.63, 3.8) is 0 Å². The Labute approximate surface area is 161 Å². The van der Waals surface area contributed by atoms with Gasteiger partial charge in [0.25, 0.3) is 0 Å². The summed E-state index contributed by atoms with van der Waals surface area (Å²) in [5.74, 6) is 1.58. The maximum Gasteiger partial charge on any atom is 0.213 e. The molecule has 0 aliphatic heterocycles. The minimum Gasteiger partial charge on any atom is -0.487 e. The zero-order valence-corrected chi connectivity index (χ0v) is 15.1. The van der Waals surface area contributed by atoms with Gasteiger partial charge in [0.15, 0.2) is 0 Å². The molecular formula is C21H17N5O2. The minimum atomic E-state index is 0.250. The molecule has 28 heavy (non-hydrogen) atoms. The van der Waals surface area contributed by atoms with Crippen molar-refractivity contribution in [3.8, 4) is 17.7 Å². The van der Waals surface area contributed by atoms with Gasteiger partial charge in [0.05, 0.1) is 12.8 Å². The number of benzene rings is 1. The number of H-pyrrole nitrogens is 1. The van der Waals surface area contributed by atoms with Gasteiger partial charge in [-0.25, -0.2) is 9.97 Å². The number of anilines is 2. The predicted molar refractivity (Wildman–Crippen MR) is 106 cm³/mol. The maximum atomic E-state index is 9.29. The van der Waals surface area contributed by atoms with Crippen molar-refractivity contribution in [2.24, 2.45) is 0 Å². The number of rotatable bonds is 6. The molecule has 3 heterocycles. The Morgan fingerprint density at radius 3 is 2.89 bits per heavy atom. The molecule has 1 aromatic carbocycles. The number of pyridine rings is 2. The molecule has 0 bridgehead atoms. The van der Waals surface area contributed by atoms with Gasteiger partial charge in [-0.1, -0.05) is 12.1 Å². The summed E-state index contributed by atoms with van der Waals surface area (Å²) >= 11 is 0. The lowest BCUT2D eigenvalue weighted by Gasteiger charge is -2.10. The average Bonchev–Trinajstić information content (AvgIpc) is 3.20. The van der Waals surface area contributed by atoms with Crippen LogP contribution in [0.3, 0.4) is 0 Å². The Morgan fingerprint density at radius 1 is 1.11 bits per heavy atom. The van der Waals surface area contributed by atoms with Gasteiger partial charge in [-0.2, -0.15) is 5.26 Å². The van der Waals surface area contributed by atoms with E-state index in [2.05, 4.69) is 26.3 Å². The standard InChI is InChI=1S/C21H17N5O2/c1-27-21-4-2-3-16(26-21)13-28-18-9-17(12-22)25-20(11-18)24-15-6-5-14-7-8-23-19(14)10-15/h2-11,23H,13H2,1H3,(H,24,25). The molecular weight excluding hydrogens is 354 g/mol. The molecule has 2 N–H and O–H groups in total. The van der Waals surface area contributed by atoms with Gasteiger partial charge in [0.1, 0.15) is 29.9 Å². The van der Waals surface area contributed by atoms with Gasteiger partial charge in [0, 0.05) is 35.6 Å². The second kappa shape index (κ2) is 7.68. The molecule has 0 unspecified atom stereocenters. The van der Waals surface area contributed by atoms with Crippen LogP contribution < -0.4 is 14.8 Å². The molecule has 0 radical (unpaired) electrons. The van der Waals surface area contributed by atoms with E-state index in [0.717, 1.165) is 22.3 Å². The molecule has 3 aromatic heterocycles. The summed E-state index contributed by atoms with van der Waals surface area (Å²) < 4.78 is 10.9. The first-order valence-corrected chi connectivity index (χ1v) is 8.62. The number of fused-ring (bicyclic) bond motifs is 1. The van der Waals surface area contributed by atoms with Crippen molar-refractivity contribution in [2.45, 2.75) is 6.61 Å². The van der Waals surface area contributed by atoms with Crippen LogP contribution in [0, 0.1) is 11.3 Å². The summed E-state index contributed by atoms with van der Waals surface area (Å²) in [4.78, 5) is 11.8. The van der Waals surface area contributed by atoms with E-state index in [1.165, 1.54) is 0 Å². The van der Waals surface area contributed by atoms with Gasteiger partial charge < -0.3 is 19.8 Å². The van der Waals surface area contributed by atoms with E-state index in [0.29, 0.717) is 17.4 Å². The van der Waals surface area contributed by atoms with E-state index in [4.69, 9.17) is 9.47 Å². The molecule has 0 saturated carbocycles. The summed E-state index contributed by atoms with van der Waals surface area (Å²) in [6.45, 7) is 0.250. The Bertz CT molecular complexity index is 1160. The number of methoxy groups -OCH3 is 1. The Balaban J connectivity index is 1.54. The molecule has 4 rings (SSSR count). The summed E-state index contributed by atoms with van der Waals surface area (Å²) in [6.07, 6.45) is 1.89. The van der Waals surface area contributed by atoms with Gasteiger partial charge in [-0.15, -0.1) is 0 Å². The van der Waals surface area contributed by atoms with Crippen LogP contribution in [0.25, 0.3) is 10.9 Å². The predicted octanol–water partition coefficient (Wildman–Crippen LogP) is 4.16. The molecule has 7 nitrogen and oxygen atoms in total. The van der Waals surface area contributed by atoms with E-state index in [-0.39, 0.29) is 12.3 Å². The van der Waals surface area contributed by atoms with Crippen LogP contribution in [0.1, 0.15) is 11.4 Å². The first-order valence-electron chi connectivity index (χ1n) is 8.62. The normalized spacial score (nSPS) is 10.4. The van der Waals surface area contributed by atoms with Crippen LogP contribution >= 0.6 is 0 Å². The molecule has 0 saturated heterocycles. The highest BCUT2D eigenvalue weighted by Crippen LogP contribution is 2.24. The number of ether oxygens (including phenoxy) is 2. The minimum absolute atomic E-state index is 0.250. The molecule has 0 atom stereocenters. The number of nitrogens with one attached hydrogen (secondary N) is 2. The van der Waals surface area contributed by atoms with Crippen LogP contribution in [0.2, 0.25) is 0 Å². The fraction of sp³-hybridized carbons (Fsp3) is 0.0952. The maximum absolute atomic E-state index is 9.29. The van der Waals surface area contributed by atoms with E-state index in [1.54, 1.807) is 25.3 Å². The first-order chi connectivity index (χ1) is 13.7. The average molecular weight is 371 g/mol. The highest BCUT2D eigenvalue weighted by atomic mass is 16.5. The lowest BCUT2D eigenvalue weighted by molar-refractivity contribution is 0.298. The third-order valence-corrected chi connectivity index (χ3v) is 4.12.